The van der Waals surface area contributed by atoms with Crippen molar-refractivity contribution >= 4 is 5.91 Å². The Morgan fingerprint density at radius 3 is 2.45 bits per heavy atom. The quantitative estimate of drug-likeness (QED) is 0.420. The fourth-order valence-electron chi connectivity index (χ4n) is 2.72. The number of ether oxygens (including phenoxy) is 1. The van der Waals surface area contributed by atoms with Crippen molar-refractivity contribution < 1.29 is 9.53 Å². The van der Waals surface area contributed by atoms with Crippen LogP contribution in [0.5, 0.6) is 0 Å². The van der Waals surface area contributed by atoms with Gasteiger partial charge in [0.1, 0.15) is 0 Å². The van der Waals surface area contributed by atoms with Crippen LogP contribution in [0.15, 0.2) is 12.7 Å². The average molecular weight is 310 g/mol. The second-order valence-electron chi connectivity index (χ2n) is 6.11. The Morgan fingerprint density at radius 1 is 1.05 bits per heavy atom. The molecule has 1 aliphatic heterocycles. The molecule has 0 aliphatic carbocycles. The fraction of sp³-hybridized carbons (Fsp3) is 0.833. The molecule has 0 atom stereocenters. The van der Waals surface area contributed by atoms with Crippen molar-refractivity contribution in [3.8, 4) is 0 Å². The van der Waals surface area contributed by atoms with E-state index in [1.54, 1.807) is 0 Å². The number of amides is 1. The monoisotopic (exact) mass is 310 g/mol. The maximum Gasteiger partial charge on any atom is 0.219 e. The Labute approximate surface area is 136 Å². The van der Waals surface area contributed by atoms with Gasteiger partial charge < -0.3 is 10.1 Å². The summed E-state index contributed by atoms with van der Waals surface area (Å²) in [6.45, 7) is 9.35. The summed E-state index contributed by atoms with van der Waals surface area (Å²) in [6, 6.07) is 0. The minimum atomic E-state index is 0.216. The maximum atomic E-state index is 11.7. The first kappa shape index (κ1) is 19.2. The molecule has 4 nitrogen and oxygen atoms in total. The van der Waals surface area contributed by atoms with Gasteiger partial charge in [-0.05, 0) is 32.2 Å². The standard InChI is InChI=1S/C18H34N2O2/c1-2-3-4-5-6-7-8-9-11-18(21)19-12-10-13-20-14-16-22-17-15-20/h2H,1,3-17H2,(H,19,21). The molecule has 0 unspecified atom stereocenters. The first-order valence-electron chi connectivity index (χ1n) is 9.00. The first-order valence-corrected chi connectivity index (χ1v) is 9.00. The van der Waals surface area contributed by atoms with Crippen molar-refractivity contribution in [3.63, 3.8) is 0 Å². The predicted molar refractivity (Wildman–Crippen MR) is 92.0 cm³/mol. The molecular formula is C18H34N2O2. The maximum absolute atomic E-state index is 11.7. The first-order chi connectivity index (χ1) is 10.8. The lowest BCUT2D eigenvalue weighted by atomic mass is 10.1. The molecule has 0 radical (unpaired) electrons. The summed E-state index contributed by atoms with van der Waals surface area (Å²) in [5.74, 6) is 0.216. The minimum absolute atomic E-state index is 0.216. The third-order valence-corrected chi connectivity index (χ3v) is 4.14. The van der Waals surface area contributed by atoms with Crippen LogP contribution in [-0.4, -0.2) is 50.2 Å². The summed E-state index contributed by atoms with van der Waals surface area (Å²) in [6.07, 6.45) is 12.1. The van der Waals surface area contributed by atoms with Crippen molar-refractivity contribution in [2.45, 2.75) is 57.8 Å². The van der Waals surface area contributed by atoms with Crippen LogP contribution >= 0.6 is 0 Å². The minimum Gasteiger partial charge on any atom is -0.379 e. The topological polar surface area (TPSA) is 41.6 Å². The van der Waals surface area contributed by atoms with E-state index in [-0.39, 0.29) is 5.91 Å². The number of nitrogens with zero attached hydrogens (tertiary/aromatic N) is 1. The zero-order chi connectivity index (χ0) is 15.9. The van der Waals surface area contributed by atoms with Gasteiger partial charge in [0.2, 0.25) is 5.91 Å². The van der Waals surface area contributed by atoms with Gasteiger partial charge in [0.05, 0.1) is 13.2 Å². The summed E-state index contributed by atoms with van der Waals surface area (Å²) in [5.41, 5.74) is 0. The van der Waals surface area contributed by atoms with Gasteiger partial charge >= 0.3 is 0 Å². The number of allylic oxidation sites excluding steroid dienone is 1. The number of hydrogen-bond acceptors (Lipinski definition) is 3. The molecule has 0 saturated carbocycles. The van der Waals surface area contributed by atoms with Gasteiger partial charge in [0.25, 0.3) is 0 Å². The van der Waals surface area contributed by atoms with Gasteiger partial charge in [0.15, 0.2) is 0 Å². The molecule has 1 fully saturated rings. The van der Waals surface area contributed by atoms with Gasteiger partial charge in [-0.1, -0.05) is 31.8 Å². The van der Waals surface area contributed by atoms with E-state index in [9.17, 15) is 4.79 Å². The van der Waals surface area contributed by atoms with Crippen molar-refractivity contribution in [2.24, 2.45) is 0 Å². The van der Waals surface area contributed by atoms with Gasteiger partial charge in [0, 0.05) is 26.1 Å². The van der Waals surface area contributed by atoms with Crippen LogP contribution in [0.25, 0.3) is 0 Å². The lowest BCUT2D eigenvalue weighted by Gasteiger charge is -2.26. The molecule has 1 saturated heterocycles. The van der Waals surface area contributed by atoms with Gasteiger partial charge in [-0.25, -0.2) is 0 Å². The highest BCUT2D eigenvalue weighted by Gasteiger charge is 2.09. The molecular weight excluding hydrogens is 276 g/mol. The van der Waals surface area contributed by atoms with Crippen molar-refractivity contribution in [3.05, 3.63) is 12.7 Å². The van der Waals surface area contributed by atoms with Crippen LogP contribution in [0.4, 0.5) is 0 Å². The van der Waals surface area contributed by atoms with Crippen molar-refractivity contribution in [1.29, 1.82) is 0 Å². The van der Waals surface area contributed by atoms with E-state index in [1.807, 2.05) is 6.08 Å². The highest BCUT2D eigenvalue weighted by molar-refractivity contribution is 5.75. The van der Waals surface area contributed by atoms with Gasteiger partial charge in [-0.15, -0.1) is 6.58 Å². The number of rotatable bonds is 13. The normalized spacial score (nSPS) is 15.6. The van der Waals surface area contributed by atoms with Crippen molar-refractivity contribution in [2.75, 3.05) is 39.4 Å². The molecule has 0 aromatic carbocycles. The van der Waals surface area contributed by atoms with Crippen LogP contribution in [-0.2, 0) is 9.53 Å². The van der Waals surface area contributed by atoms with Crippen molar-refractivity contribution in [1.82, 2.24) is 10.2 Å². The number of carbonyl (C=O) groups is 1. The second kappa shape index (κ2) is 13.8. The Kier molecular flexibility index (Phi) is 12.0. The Hall–Kier alpha value is -0.870. The van der Waals surface area contributed by atoms with Crippen LogP contribution in [0, 0.1) is 0 Å². The summed E-state index contributed by atoms with van der Waals surface area (Å²) in [7, 11) is 0. The van der Waals surface area contributed by atoms with Crippen LogP contribution in [0.2, 0.25) is 0 Å². The van der Waals surface area contributed by atoms with E-state index < -0.39 is 0 Å². The molecule has 1 heterocycles. The summed E-state index contributed by atoms with van der Waals surface area (Å²) >= 11 is 0. The predicted octanol–water partition coefficient (Wildman–Crippen LogP) is 3.13. The summed E-state index contributed by atoms with van der Waals surface area (Å²) in [5, 5.41) is 3.03. The molecule has 1 N–H and O–H groups in total. The summed E-state index contributed by atoms with van der Waals surface area (Å²) < 4.78 is 5.32. The van der Waals surface area contributed by atoms with E-state index >= 15 is 0 Å². The number of morpholine rings is 1. The smallest absolute Gasteiger partial charge is 0.219 e. The highest BCUT2D eigenvalue weighted by atomic mass is 16.5. The molecule has 1 aliphatic rings. The molecule has 4 heteroatoms. The SMILES string of the molecule is C=CCCCCCCCCC(=O)NCCCN1CCOCC1. The second-order valence-corrected chi connectivity index (χ2v) is 6.11. The number of hydrogen-bond donors (Lipinski definition) is 1. The highest BCUT2D eigenvalue weighted by Crippen LogP contribution is 2.08. The molecule has 0 spiro atoms. The lowest BCUT2D eigenvalue weighted by Crippen LogP contribution is -2.38. The largest absolute Gasteiger partial charge is 0.379 e. The van der Waals surface area contributed by atoms with Gasteiger partial charge in [-0.2, -0.15) is 0 Å². The molecule has 0 aromatic heterocycles. The van der Waals surface area contributed by atoms with E-state index in [0.29, 0.717) is 6.42 Å². The Morgan fingerprint density at radius 2 is 1.73 bits per heavy atom. The molecule has 0 aromatic rings. The lowest BCUT2D eigenvalue weighted by molar-refractivity contribution is -0.121. The van der Waals surface area contributed by atoms with Crippen LogP contribution in [0.1, 0.15) is 57.8 Å². The zero-order valence-corrected chi connectivity index (χ0v) is 14.2. The van der Waals surface area contributed by atoms with Crippen LogP contribution in [0.3, 0.4) is 0 Å². The Bertz CT molecular complexity index is 289. The molecule has 1 amide bonds. The molecule has 0 bridgehead atoms. The molecule has 128 valence electrons. The van der Waals surface area contributed by atoms with E-state index in [0.717, 1.165) is 58.7 Å². The van der Waals surface area contributed by atoms with E-state index in [1.165, 1.54) is 32.1 Å². The van der Waals surface area contributed by atoms with Crippen LogP contribution < -0.4 is 5.32 Å². The van der Waals surface area contributed by atoms with E-state index in [4.69, 9.17) is 4.74 Å². The Balaban J connectivity index is 1.82. The van der Waals surface area contributed by atoms with E-state index in [2.05, 4.69) is 16.8 Å². The number of carbonyl (C=O) groups excluding carboxylic acids is 1. The number of unbranched alkanes of at least 4 members (excludes halogenated alkanes) is 6. The fourth-order valence-corrected chi connectivity index (χ4v) is 2.72. The third kappa shape index (κ3) is 10.8. The third-order valence-electron chi connectivity index (χ3n) is 4.14. The zero-order valence-electron chi connectivity index (χ0n) is 14.2. The summed E-state index contributed by atoms with van der Waals surface area (Å²) in [4.78, 5) is 14.1. The molecule has 1 rings (SSSR count). The molecule has 22 heavy (non-hydrogen) atoms. The van der Waals surface area contributed by atoms with Gasteiger partial charge in [-0.3, -0.25) is 9.69 Å². The number of nitrogens with one attached hydrogen (secondary N) is 1. The average Bonchev–Trinajstić information content (AvgIpc) is 2.55.